The lowest BCUT2D eigenvalue weighted by molar-refractivity contribution is -0.134. The number of nitrogens with zero attached hydrogens (tertiary/aromatic N) is 3. The van der Waals surface area contributed by atoms with E-state index in [2.05, 4.69) is 10.4 Å². The van der Waals surface area contributed by atoms with E-state index in [-0.39, 0.29) is 36.6 Å². The van der Waals surface area contributed by atoms with Crippen molar-refractivity contribution < 1.29 is 4.79 Å². The van der Waals surface area contributed by atoms with Gasteiger partial charge in [0.05, 0.1) is 12.1 Å². The molecule has 1 N–H and O–H groups in total. The molecule has 1 saturated heterocycles. The van der Waals surface area contributed by atoms with Crippen molar-refractivity contribution >= 4 is 30.7 Å². The average Bonchev–Trinajstić information content (AvgIpc) is 2.88. The Balaban J connectivity index is 0.00000144. The van der Waals surface area contributed by atoms with E-state index in [1.54, 1.807) is 15.8 Å². The summed E-state index contributed by atoms with van der Waals surface area (Å²) < 4.78 is 1.75. The van der Waals surface area contributed by atoms with Gasteiger partial charge in [0.2, 0.25) is 5.91 Å². The maximum Gasteiger partial charge on any atom is 0.227 e. The topological polar surface area (TPSA) is 50.2 Å². The van der Waals surface area contributed by atoms with Crippen LogP contribution in [0.2, 0.25) is 0 Å². The van der Waals surface area contributed by atoms with Gasteiger partial charge in [0.15, 0.2) is 0 Å². The van der Waals surface area contributed by atoms with Crippen LogP contribution >= 0.6 is 24.8 Å². The molecule has 104 valence electrons. The molecule has 1 aromatic rings. The molecule has 0 bridgehead atoms. The molecule has 0 saturated carbocycles. The Bertz CT molecular complexity index is 377. The van der Waals surface area contributed by atoms with E-state index < -0.39 is 0 Å². The van der Waals surface area contributed by atoms with Crippen LogP contribution in [0, 0.1) is 5.92 Å². The molecule has 1 aliphatic heterocycles. The molecule has 7 heteroatoms. The fourth-order valence-electron chi connectivity index (χ4n) is 2.08. The third-order valence-corrected chi connectivity index (χ3v) is 2.96. The van der Waals surface area contributed by atoms with Crippen LogP contribution in [0.4, 0.5) is 0 Å². The summed E-state index contributed by atoms with van der Waals surface area (Å²) in [5, 5.41) is 7.31. The summed E-state index contributed by atoms with van der Waals surface area (Å²) in [5.41, 5.74) is 1.07. The zero-order valence-corrected chi connectivity index (χ0v) is 12.3. The maximum atomic E-state index is 12.0. The minimum absolute atomic E-state index is 0. The summed E-state index contributed by atoms with van der Waals surface area (Å²) in [6, 6.07) is 0. The summed E-state index contributed by atoms with van der Waals surface area (Å²) in [5.74, 6) is 0.385. The Morgan fingerprint density at radius 1 is 1.61 bits per heavy atom. The smallest absolute Gasteiger partial charge is 0.227 e. The highest BCUT2D eigenvalue weighted by molar-refractivity contribution is 5.85. The first kappa shape index (κ1) is 17.2. The number of hydrogen-bond acceptors (Lipinski definition) is 3. The van der Waals surface area contributed by atoms with Crippen LogP contribution in [0.3, 0.4) is 0 Å². The van der Waals surface area contributed by atoms with Crippen LogP contribution < -0.4 is 5.32 Å². The van der Waals surface area contributed by atoms with E-state index in [0.29, 0.717) is 6.54 Å². The monoisotopic (exact) mass is 294 g/mol. The average molecular weight is 295 g/mol. The number of nitrogens with one attached hydrogen (secondary N) is 1. The first-order chi connectivity index (χ1) is 7.66. The Kier molecular flexibility index (Phi) is 7.28. The first-order valence-electron chi connectivity index (χ1n) is 5.60. The van der Waals surface area contributed by atoms with Gasteiger partial charge in [-0.2, -0.15) is 5.10 Å². The van der Waals surface area contributed by atoms with Crippen molar-refractivity contribution in [2.75, 3.05) is 20.1 Å². The van der Waals surface area contributed by atoms with Gasteiger partial charge in [0, 0.05) is 38.9 Å². The SMILES string of the molecule is CN(Cc1cnn(C)c1)C(=O)C1CCNC1.Cl.Cl. The Morgan fingerprint density at radius 2 is 2.33 bits per heavy atom. The second-order valence-corrected chi connectivity index (χ2v) is 4.41. The standard InChI is InChI=1S/C11H18N4O.2ClH/c1-14(7-9-5-13-15(2)8-9)11(16)10-3-4-12-6-10;;/h5,8,10,12H,3-4,6-7H2,1-2H3;2*1H. The van der Waals surface area contributed by atoms with Crippen LogP contribution in [0.15, 0.2) is 12.4 Å². The number of aromatic nitrogens is 2. The summed E-state index contributed by atoms with van der Waals surface area (Å²) in [6.07, 6.45) is 4.70. The van der Waals surface area contributed by atoms with Crippen molar-refractivity contribution in [2.45, 2.75) is 13.0 Å². The molecule has 0 radical (unpaired) electrons. The van der Waals surface area contributed by atoms with Gasteiger partial charge in [-0.15, -0.1) is 24.8 Å². The highest BCUT2D eigenvalue weighted by Crippen LogP contribution is 2.12. The number of rotatable bonds is 3. The highest BCUT2D eigenvalue weighted by atomic mass is 35.5. The number of hydrogen-bond donors (Lipinski definition) is 1. The van der Waals surface area contributed by atoms with E-state index in [0.717, 1.165) is 25.1 Å². The quantitative estimate of drug-likeness (QED) is 0.898. The number of carbonyl (C=O) groups excluding carboxylic acids is 1. The number of halogens is 2. The van der Waals surface area contributed by atoms with Gasteiger partial charge in [-0.05, 0) is 13.0 Å². The molecule has 0 aliphatic carbocycles. The van der Waals surface area contributed by atoms with Gasteiger partial charge in [-0.25, -0.2) is 0 Å². The predicted molar refractivity (Wildman–Crippen MR) is 75.2 cm³/mol. The van der Waals surface area contributed by atoms with Crippen molar-refractivity contribution in [1.82, 2.24) is 20.0 Å². The summed E-state index contributed by atoms with van der Waals surface area (Å²) in [4.78, 5) is 13.8. The lowest BCUT2D eigenvalue weighted by Crippen LogP contribution is -2.33. The van der Waals surface area contributed by atoms with Gasteiger partial charge in [0.1, 0.15) is 0 Å². The molecule has 1 aromatic heterocycles. The first-order valence-corrected chi connectivity index (χ1v) is 5.60. The van der Waals surface area contributed by atoms with E-state index in [1.165, 1.54) is 0 Å². The molecule has 5 nitrogen and oxygen atoms in total. The molecular weight excluding hydrogens is 275 g/mol. The van der Waals surface area contributed by atoms with E-state index >= 15 is 0 Å². The molecule has 0 spiro atoms. The lowest BCUT2D eigenvalue weighted by Gasteiger charge is -2.19. The number of aryl methyl sites for hydroxylation is 1. The Morgan fingerprint density at radius 3 is 2.83 bits per heavy atom. The molecule has 1 amide bonds. The third kappa shape index (κ3) is 4.15. The molecule has 2 rings (SSSR count). The molecule has 1 aliphatic rings. The summed E-state index contributed by atoms with van der Waals surface area (Å²) >= 11 is 0. The normalized spacial score (nSPS) is 17.8. The van der Waals surface area contributed by atoms with E-state index in [1.807, 2.05) is 20.3 Å². The van der Waals surface area contributed by atoms with Crippen LogP contribution in [-0.4, -0.2) is 40.7 Å². The van der Waals surface area contributed by atoms with Gasteiger partial charge >= 0.3 is 0 Å². The maximum absolute atomic E-state index is 12.0. The van der Waals surface area contributed by atoms with E-state index in [4.69, 9.17) is 0 Å². The molecule has 18 heavy (non-hydrogen) atoms. The second kappa shape index (κ2) is 7.61. The van der Waals surface area contributed by atoms with E-state index in [9.17, 15) is 4.79 Å². The number of amides is 1. The molecule has 1 fully saturated rings. The largest absolute Gasteiger partial charge is 0.341 e. The zero-order valence-electron chi connectivity index (χ0n) is 10.6. The number of carbonyl (C=O) groups is 1. The molecular formula is C11H20Cl2N4O. The fourth-order valence-corrected chi connectivity index (χ4v) is 2.08. The molecule has 1 atom stereocenters. The van der Waals surface area contributed by atoms with Gasteiger partial charge < -0.3 is 10.2 Å². The Hall–Kier alpha value is -0.780. The van der Waals surface area contributed by atoms with Crippen LogP contribution in [-0.2, 0) is 18.4 Å². The minimum atomic E-state index is 0. The van der Waals surface area contributed by atoms with Crippen LogP contribution in [0.1, 0.15) is 12.0 Å². The van der Waals surface area contributed by atoms with Crippen molar-refractivity contribution in [3.63, 3.8) is 0 Å². The molecule has 0 aromatic carbocycles. The Labute approximate surface area is 120 Å². The lowest BCUT2D eigenvalue weighted by atomic mass is 10.1. The fraction of sp³-hybridized carbons (Fsp3) is 0.636. The second-order valence-electron chi connectivity index (χ2n) is 4.41. The van der Waals surface area contributed by atoms with Crippen molar-refractivity contribution in [1.29, 1.82) is 0 Å². The predicted octanol–water partition coefficient (Wildman–Crippen LogP) is 0.832. The van der Waals surface area contributed by atoms with Crippen molar-refractivity contribution in [3.05, 3.63) is 18.0 Å². The van der Waals surface area contributed by atoms with Crippen LogP contribution in [0.25, 0.3) is 0 Å². The summed E-state index contributed by atoms with van der Waals surface area (Å²) in [6.45, 7) is 2.41. The molecule has 1 unspecified atom stereocenters. The van der Waals surface area contributed by atoms with Gasteiger partial charge in [-0.1, -0.05) is 0 Å². The zero-order chi connectivity index (χ0) is 11.5. The highest BCUT2D eigenvalue weighted by Gasteiger charge is 2.25. The third-order valence-electron chi connectivity index (χ3n) is 2.96. The molecule has 2 heterocycles. The van der Waals surface area contributed by atoms with Crippen LogP contribution in [0.5, 0.6) is 0 Å². The van der Waals surface area contributed by atoms with Crippen molar-refractivity contribution in [3.8, 4) is 0 Å². The van der Waals surface area contributed by atoms with Gasteiger partial charge in [-0.3, -0.25) is 9.48 Å². The summed E-state index contributed by atoms with van der Waals surface area (Å²) in [7, 11) is 3.74. The van der Waals surface area contributed by atoms with Crippen molar-refractivity contribution in [2.24, 2.45) is 13.0 Å². The minimum Gasteiger partial charge on any atom is -0.341 e. The van der Waals surface area contributed by atoms with Gasteiger partial charge in [0.25, 0.3) is 0 Å².